The summed E-state index contributed by atoms with van der Waals surface area (Å²) in [6.45, 7) is 1.04. The van der Waals surface area contributed by atoms with Crippen LogP contribution in [0.5, 0.6) is 0 Å². The average molecular weight is 381 g/mol. The lowest BCUT2D eigenvalue weighted by atomic mass is 10.1. The van der Waals surface area contributed by atoms with Gasteiger partial charge in [0.2, 0.25) is 0 Å². The van der Waals surface area contributed by atoms with Gasteiger partial charge < -0.3 is 10.1 Å². The normalized spacial score (nSPS) is 16.4. The van der Waals surface area contributed by atoms with Crippen molar-refractivity contribution < 1.29 is 13.9 Å². The van der Waals surface area contributed by atoms with Gasteiger partial charge in [-0.2, -0.15) is 0 Å². The second kappa shape index (κ2) is 7.90. The molecule has 6 nitrogen and oxygen atoms in total. The largest absolute Gasteiger partial charge is 0.376 e. The van der Waals surface area contributed by atoms with Gasteiger partial charge in [-0.05, 0) is 37.1 Å². The molecular weight excluding hydrogens is 361 g/mol. The number of ether oxygens (including phenoxy) is 1. The molecule has 2 aromatic heterocycles. The molecule has 0 bridgehead atoms. The minimum absolute atomic E-state index is 0.00806. The first-order chi connectivity index (χ1) is 13.6. The van der Waals surface area contributed by atoms with Crippen molar-refractivity contribution in [1.82, 2.24) is 14.9 Å². The van der Waals surface area contributed by atoms with Gasteiger partial charge in [-0.1, -0.05) is 18.2 Å². The molecule has 0 aliphatic carbocycles. The van der Waals surface area contributed by atoms with E-state index in [-0.39, 0.29) is 18.2 Å². The number of carbonyl (C=O) groups excluding carboxylic acids is 1. The second-order valence-electron chi connectivity index (χ2n) is 6.80. The van der Waals surface area contributed by atoms with E-state index in [1.165, 1.54) is 16.7 Å². The van der Waals surface area contributed by atoms with Gasteiger partial charge in [0.1, 0.15) is 17.0 Å². The lowest BCUT2D eigenvalue weighted by molar-refractivity contribution is 0.0856. The smallest absolute Gasteiger partial charge is 0.265 e. The number of nitrogens with zero attached hydrogens (tertiary/aromatic N) is 2. The van der Waals surface area contributed by atoms with Crippen LogP contribution in [0.25, 0.3) is 11.0 Å². The summed E-state index contributed by atoms with van der Waals surface area (Å²) in [7, 11) is 0. The number of benzene rings is 1. The maximum absolute atomic E-state index is 14.1. The van der Waals surface area contributed by atoms with Crippen LogP contribution in [0.3, 0.4) is 0 Å². The molecule has 3 aromatic rings. The average Bonchev–Trinajstić information content (AvgIpc) is 3.23. The lowest BCUT2D eigenvalue weighted by Crippen LogP contribution is -2.37. The SMILES string of the molecule is O=C(NCC1CCCO1)c1cc2cccnc2n(Cc2ccccc2F)c1=O. The first kappa shape index (κ1) is 18.3. The number of pyridine rings is 2. The van der Waals surface area contributed by atoms with Crippen LogP contribution < -0.4 is 10.9 Å². The summed E-state index contributed by atoms with van der Waals surface area (Å²) in [5.41, 5.74) is 0.272. The standard InChI is InChI=1S/C21H20FN3O3/c22-18-8-2-1-5-15(18)13-25-19-14(6-3-9-23-19)11-17(21(25)27)20(26)24-12-16-7-4-10-28-16/h1-3,5-6,8-9,11,16H,4,7,10,12-13H2,(H,24,26). The number of nitrogens with one attached hydrogen (secondary N) is 1. The van der Waals surface area contributed by atoms with Crippen LogP contribution in [-0.2, 0) is 11.3 Å². The van der Waals surface area contributed by atoms with E-state index >= 15 is 0 Å². The molecule has 1 N–H and O–H groups in total. The zero-order chi connectivity index (χ0) is 19.5. The van der Waals surface area contributed by atoms with Crippen molar-refractivity contribution >= 4 is 16.9 Å². The first-order valence-corrected chi connectivity index (χ1v) is 9.25. The van der Waals surface area contributed by atoms with Crippen molar-refractivity contribution in [3.05, 3.63) is 76.0 Å². The van der Waals surface area contributed by atoms with Crippen LogP contribution in [-0.4, -0.2) is 34.7 Å². The Morgan fingerprint density at radius 1 is 1.29 bits per heavy atom. The van der Waals surface area contributed by atoms with E-state index in [2.05, 4.69) is 10.3 Å². The van der Waals surface area contributed by atoms with E-state index in [4.69, 9.17) is 4.74 Å². The van der Waals surface area contributed by atoms with E-state index in [0.717, 1.165) is 12.8 Å². The molecule has 1 aliphatic rings. The number of aromatic nitrogens is 2. The number of fused-ring (bicyclic) bond motifs is 1. The fourth-order valence-corrected chi connectivity index (χ4v) is 3.42. The minimum atomic E-state index is -0.501. The van der Waals surface area contributed by atoms with Crippen LogP contribution in [0.1, 0.15) is 28.8 Å². The Kier molecular flexibility index (Phi) is 5.16. The molecule has 1 saturated heterocycles. The highest BCUT2D eigenvalue weighted by Crippen LogP contribution is 2.15. The zero-order valence-electron chi connectivity index (χ0n) is 15.2. The summed E-state index contributed by atoms with van der Waals surface area (Å²) in [5, 5.41) is 3.42. The predicted molar refractivity (Wildman–Crippen MR) is 103 cm³/mol. The summed E-state index contributed by atoms with van der Waals surface area (Å²) in [6.07, 6.45) is 3.40. The molecule has 1 aliphatic heterocycles. The summed E-state index contributed by atoms with van der Waals surface area (Å²) in [6, 6.07) is 11.3. The van der Waals surface area contributed by atoms with Gasteiger partial charge >= 0.3 is 0 Å². The van der Waals surface area contributed by atoms with Crippen LogP contribution in [0.15, 0.2) is 53.5 Å². The van der Waals surface area contributed by atoms with Crippen LogP contribution in [0, 0.1) is 5.82 Å². The Morgan fingerprint density at radius 3 is 2.93 bits per heavy atom. The summed E-state index contributed by atoms with van der Waals surface area (Å²) >= 11 is 0. The minimum Gasteiger partial charge on any atom is -0.376 e. The fraction of sp³-hybridized carbons (Fsp3) is 0.286. The number of amides is 1. The first-order valence-electron chi connectivity index (χ1n) is 9.25. The molecular formula is C21H20FN3O3. The molecule has 1 amide bonds. The highest BCUT2D eigenvalue weighted by atomic mass is 19.1. The Bertz CT molecular complexity index is 1070. The van der Waals surface area contributed by atoms with Gasteiger partial charge in [-0.15, -0.1) is 0 Å². The van der Waals surface area contributed by atoms with Crippen LogP contribution in [0.2, 0.25) is 0 Å². The van der Waals surface area contributed by atoms with Crippen LogP contribution >= 0.6 is 0 Å². The monoisotopic (exact) mass is 381 g/mol. The van der Waals surface area contributed by atoms with Gasteiger partial charge in [0, 0.05) is 30.3 Å². The van der Waals surface area contributed by atoms with Crippen molar-refractivity contribution in [3.63, 3.8) is 0 Å². The molecule has 0 saturated carbocycles. The van der Waals surface area contributed by atoms with Crippen molar-refractivity contribution in [2.24, 2.45) is 0 Å². The third-order valence-electron chi connectivity index (χ3n) is 4.89. The quantitative estimate of drug-likeness (QED) is 0.737. The molecule has 3 heterocycles. The molecule has 1 atom stereocenters. The van der Waals surface area contributed by atoms with E-state index in [1.807, 2.05) is 0 Å². The molecule has 0 spiro atoms. The highest BCUT2D eigenvalue weighted by molar-refractivity contribution is 5.96. The molecule has 1 fully saturated rings. The Morgan fingerprint density at radius 2 is 2.14 bits per heavy atom. The zero-order valence-corrected chi connectivity index (χ0v) is 15.2. The fourth-order valence-electron chi connectivity index (χ4n) is 3.42. The molecule has 1 unspecified atom stereocenters. The Balaban J connectivity index is 1.71. The molecule has 28 heavy (non-hydrogen) atoms. The molecule has 0 radical (unpaired) electrons. The summed E-state index contributed by atoms with van der Waals surface area (Å²) < 4.78 is 21.0. The van der Waals surface area contributed by atoms with E-state index in [9.17, 15) is 14.0 Å². The summed E-state index contributed by atoms with van der Waals surface area (Å²) in [5.74, 6) is -0.875. The summed E-state index contributed by atoms with van der Waals surface area (Å²) in [4.78, 5) is 30.0. The van der Waals surface area contributed by atoms with Crippen molar-refractivity contribution in [3.8, 4) is 0 Å². The molecule has 1 aromatic carbocycles. The lowest BCUT2D eigenvalue weighted by Gasteiger charge is -2.14. The van der Waals surface area contributed by atoms with Gasteiger partial charge in [0.05, 0.1) is 12.6 Å². The number of rotatable bonds is 5. The number of carbonyl (C=O) groups is 1. The Labute approximate surface area is 161 Å². The van der Waals surface area contributed by atoms with Crippen LogP contribution in [0.4, 0.5) is 4.39 Å². The topological polar surface area (TPSA) is 73.2 Å². The van der Waals surface area contributed by atoms with Gasteiger partial charge in [-0.25, -0.2) is 9.37 Å². The van der Waals surface area contributed by atoms with Gasteiger partial charge in [0.15, 0.2) is 0 Å². The van der Waals surface area contributed by atoms with E-state index in [0.29, 0.717) is 29.7 Å². The number of halogens is 1. The third kappa shape index (κ3) is 3.66. The van der Waals surface area contributed by atoms with Crippen molar-refractivity contribution in [2.45, 2.75) is 25.5 Å². The second-order valence-corrected chi connectivity index (χ2v) is 6.80. The maximum atomic E-state index is 14.1. The number of hydrogen-bond donors (Lipinski definition) is 1. The van der Waals surface area contributed by atoms with Crippen molar-refractivity contribution in [2.75, 3.05) is 13.2 Å². The van der Waals surface area contributed by atoms with E-state index < -0.39 is 17.3 Å². The maximum Gasteiger partial charge on any atom is 0.265 e. The number of hydrogen-bond acceptors (Lipinski definition) is 4. The molecule has 144 valence electrons. The van der Waals surface area contributed by atoms with Gasteiger partial charge in [0.25, 0.3) is 11.5 Å². The Hall–Kier alpha value is -3.06. The van der Waals surface area contributed by atoms with E-state index in [1.54, 1.807) is 36.5 Å². The van der Waals surface area contributed by atoms with Gasteiger partial charge in [-0.3, -0.25) is 14.2 Å². The third-order valence-corrected chi connectivity index (χ3v) is 4.89. The molecule has 7 heteroatoms. The highest BCUT2D eigenvalue weighted by Gasteiger charge is 2.20. The predicted octanol–water partition coefficient (Wildman–Crippen LogP) is 2.49. The molecule has 4 rings (SSSR count). The van der Waals surface area contributed by atoms with Crippen molar-refractivity contribution in [1.29, 1.82) is 0 Å².